The zero-order chi connectivity index (χ0) is 12.8. The fourth-order valence-electron chi connectivity index (χ4n) is 2.24. The number of carbonyl (C=O) groups excluding carboxylic acids is 1. The lowest BCUT2D eigenvalue weighted by atomic mass is 9.72. The number of benzene rings is 1. The summed E-state index contributed by atoms with van der Waals surface area (Å²) in [5.74, 6) is -0.0973. The molecular weight excluding hydrogens is 220 g/mol. The van der Waals surface area contributed by atoms with Gasteiger partial charge in [0.25, 0.3) is 5.69 Å². The van der Waals surface area contributed by atoms with Crippen LogP contribution in [0.3, 0.4) is 0 Å². The molecule has 0 aromatic heterocycles. The van der Waals surface area contributed by atoms with Gasteiger partial charge in [0, 0.05) is 22.7 Å². The number of nitrogens with two attached hydrogens (primary N) is 1. The van der Waals surface area contributed by atoms with Crippen LogP contribution in [0, 0.1) is 15.5 Å². The molecule has 0 radical (unpaired) electrons. The highest BCUT2D eigenvalue weighted by Crippen LogP contribution is 2.40. The molecule has 0 saturated carbocycles. The van der Waals surface area contributed by atoms with E-state index in [9.17, 15) is 14.9 Å². The van der Waals surface area contributed by atoms with Gasteiger partial charge >= 0.3 is 0 Å². The lowest BCUT2D eigenvalue weighted by Gasteiger charge is -2.29. The topological polar surface area (TPSA) is 86.2 Å². The van der Waals surface area contributed by atoms with Crippen LogP contribution in [-0.2, 0) is 6.42 Å². The fraction of sp³-hybridized carbons (Fsp3) is 0.417. The molecule has 5 nitrogen and oxygen atoms in total. The van der Waals surface area contributed by atoms with Gasteiger partial charge in [-0.1, -0.05) is 13.8 Å². The quantitative estimate of drug-likeness (QED) is 0.459. The van der Waals surface area contributed by atoms with Crippen LogP contribution in [0.25, 0.3) is 0 Å². The maximum Gasteiger partial charge on any atom is 0.273 e. The summed E-state index contributed by atoms with van der Waals surface area (Å²) in [4.78, 5) is 22.7. The summed E-state index contributed by atoms with van der Waals surface area (Å²) in [5.41, 5.74) is 6.45. The molecule has 0 unspecified atom stereocenters. The molecule has 1 aliphatic carbocycles. The number of nitrogen functional groups attached to an aromatic ring is 1. The van der Waals surface area contributed by atoms with Crippen LogP contribution < -0.4 is 5.73 Å². The van der Waals surface area contributed by atoms with E-state index >= 15 is 0 Å². The molecule has 0 heterocycles. The zero-order valence-electron chi connectivity index (χ0n) is 9.82. The molecular formula is C12H14N2O3. The number of nitro benzene ring substituents is 1. The van der Waals surface area contributed by atoms with Gasteiger partial charge in [0.05, 0.1) is 10.5 Å². The highest BCUT2D eigenvalue weighted by molar-refractivity contribution is 6.07. The minimum atomic E-state index is -0.490. The number of anilines is 1. The third kappa shape index (κ3) is 1.67. The number of nitro groups is 1. The summed E-state index contributed by atoms with van der Waals surface area (Å²) < 4.78 is 0. The van der Waals surface area contributed by atoms with E-state index in [0.29, 0.717) is 29.7 Å². The van der Waals surface area contributed by atoms with Crippen molar-refractivity contribution in [2.45, 2.75) is 26.7 Å². The summed E-state index contributed by atoms with van der Waals surface area (Å²) in [5, 5.41) is 10.9. The Kier molecular flexibility index (Phi) is 2.41. The highest BCUT2D eigenvalue weighted by atomic mass is 16.6. The number of ketones is 1. The van der Waals surface area contributed by atoms with E-state index in [1.165, 1.54) is 12.1 Å². The molecule has 0 saturated heterocycles. The molecule has 0 atom stereocenters. The van der Waals surface area contributed by atoms with E-state index < -0.39 is 10.3 Å². The fourth-order valence-corrected chi connectivity index (χ4v) is 2.24. The van der Waals surface area contributed by atoms with Crippen molar-refractivity contribution in [1.82, 2.24) is 0 Å². The van der Waals surface area contributed by atoms with Crippen LogP contribution in [-0.4, -0.2) is 10.7 Å². The Morgan fingerprint density at radius 2 is 2.06 bits per heavy atom. The molecule has 1 aromatic carbocycles. The largest absolute Gasteiger partial charge is 0.398 e. The van der Waals surface area contributed by atoms with Gasteiger partial charge in [-0.05, 0) is 18.9 Å². The standard InChI is InChI=1S/C12H14N2O3/c1-12(2)6-5-7-9(14(16)17)4-3-8(13)10(7)11(12)15/h3-4H,5-6,13H2,1-2H3. The number of carbonyl (C=O) groups is 1. The van der Waals surface area contributed by atoms with Crippen molar-refractivity contribution in [1.29, 1.82) is 0 Å². The second kappa shape index (κ2) is 3.55. The zero-order valence-corrected chi connectivity index (χ0v) is 9.82. The van der Waals surface area contributed by atoms with Gasteiger partial charge in [0.1, 0.15) is 0 Å². The Hall–Kier alpha value is -1.91. The van der Waals surface area contributed by atoms with Crippen molar-refractivity contribution in [3.8, 4) is 0 Å². The maximum atomic E-state index is 12.2. The van der Waals surface area contributed by atoms with E-state index in [-0.39, 0.29) is 11.5 Å². The number of fused-ring (bicyclic) bond motifs is 1. The van der Waals surface area contributed by atoms with E-state index in [1.807, 2.05) is 13.8 Å². The minimum absolute atomic E-state index is 0.00181. The van der Waals surface area contributed by atoms with Gasteiger partial charge in [0.2, 0.25) is 0 Å². The summed E-state index contributed by atoms with van der Waals surface area (Å²) in [6.07, 6.45) is 1.14. The molecule has 0 spiro atoms. The van der Waals surface area contributed by atoms with Crippen LogP contribution in [0.5, 0.6) is 0 Å². The van der Waals surface area contributed by atoms with Gasteiger partial charge in [-0.25, -0.2) is 0 Å². The predicted molar refractivity (Wildman–Crippen MR) is 63.9 cm³/mol. The normalized spacial score (nSPS) is 17.6. The highest BCUT2D eigenvalue weighted by Gasteiger charge is 2.38. The van der Waals surface area contributed by atoms with Gasteiger partial charge in [-0.15, -0.1) is 0 Å². The van der Waals surface area contributed by atoms with Crippen molar-refractivity contribution in [2.24, 2.45) is 5.41 Å². The van der Waals surface area contributed by atoms with E-state index in [2.05, 4.69) is 0 Å². The van der Waals surface area contributed by atoms with Crippen LogP contribution >= 0.6 is 0 Å². The average molecular weight is 234 g/mol. The number of hydrogen-bond donors (Lipinski definition) is 1. The summed E-state index contributed by atoms with van der Waals surface area (Å²) in [6, 6.07) is 2.82. The van der Waals surface area contributed by atoms with Gasteiger partial charge < -0.3 is 5.73 Å². The lowest BCUT2D eigenvalue weighted by molar-refractivity contribution is -0.385. The Bertz CT molecular complexity index is 521. The predicted octanol–water partition coefficient (Wildman–Crippen LogP) is 2.33. The molecule has 17 heavy (non-hydrogen) atoms. The SMILES string of the molecule is CC1(C)CCc2c([N+](=O)[O-])ccc(N)c2C1=O. The lowest BCUT2D eigenvalue weighted by Crippen LogP contribution is -2.31. The average Bonchev–Trinajstić information content (AvgIpc) is 2.23. The molecule has 90 valence electrons. The van der Waals surface area contributed by atoms with E-state index in [4.69, 9.17) is 5.73 Å². The second-order valence-electron chi connectivity index (χ2n) is 5.00. The minimum Gasteiger partial charge on any atom is -0.398 e. The monoisotopic (exact) mass is 234 g/mol. The number of rotatable bonds is 1. The molecule has 5 heteroatoms. The molecule has 0 aliphatic heterocycles. The van der Waals surface area contributed by atoms with Crippen molar-refractivity contribution in [3.63, 3.8) is 0 Å². The van der Waals surface area contributed by atoms with Crippen molar-refractivity contribution in [2.75, 3.05) is 5.73 Å². The first-order chi connectivity index (χ1) is 7.84. The number of Topliss-reactive ketones (excluding diaryl/α,β-unsaturated/α-hetero) is 1. The van der Waals surface area contributed by atoms with Gasteiger partial charge in [0.15, 0.2) is 5.78 Å². The first kappa shape index (κ1) is 11.6. The van der Waals surface area contributed by atoms with Gasteiger partial charge in [-0.2, -0.15) is 0 Å². The smallest absolute Gasteiger partial charge is 0.273 e. The molecule has 2 N–H and O–H groups in total. The van der Waals surface area contributed by atoms with Crippen LogP contribution in [0.2, 0.25) is 0 Å². The Labute approximate surface area is 98.8 Å². The number of nitrogens with zero attached hydrogens (tertiary/aromatic N) is 1. The van der Waals surface area contributed by atoms with Crippen molar-refractivity contribution < 1.29 is 9.72 Å². The molecule has 0 amide bonds. The van der Waals surface area contributed by atoms with Crippen molar-refractivity contribution >= 4 is 17.2 Å². The Morgan fingerprint density at radius 1 is 1.41 bits per heavy atom. The Morgan fingerprint density at radius 3 is 2.65 bits per heavy atom. The summed E-state index contributed by atoms with van der Waals surface area (Å²) >= 11 is 0. The molecule has 1 aromatic rings. The van der Waals surface area contributed by atoms with Gasteiger partial charge in [-0.3, -0.25) is 14.9 Å². The molecule has 0 fully saturated rings. The third-order valence-corrected chi connectivity index (χ3v) is 3.36. The molecule has 2 rings (SSSR count). The van der Waals surface area contributed by atoms with Crippen LogP contribution in [0.15, 0.2) is 12.1 Å². The Balaban J connectivity index is 2.69. The van der Waals surface area contributed by atoms with E-state index in [0.717, 1.165) is 0 Å². The molecule has 1 aliphatic rings. The van der Waals surface area contributed by atoms with Crippen molar-refractivity contribution in [3.05, 3.63) is 33.4 Å². The first-order valence-corrected chi connectivity index (χ1v) is 5.45. The molecule has 0 bridgehead atoms. The van der Waals surface area contributed by atoms with E-state index in [1.54, 1.807) is 0 Å². The summed E-state index contributed by atoms with van der Waals surface area (Å²) in [6.45, 7) is 3.69. The second-order valence-corrected chi connectivity index (χ2v) is 5.00. The van der Waals surface area contributed by atoms with Crippen LogP contribution in [0.1, 0.15) is 36.2 Å². The first-order valence-electron chi connectivity index (χ1n) is 5.45. The van der Waals surface area contributed by atoms with Crippen LogP contribution in [0.4, 0.5) is 11.4 Å². The number of hydrogen-bond acceptors (Lipinski definition) is 4. The maximum absolute atomic E-state index is 12.2. The summed E-state index contributed by atoms with van der Waals surface area (Å²) in [7, 11) is 0. The third-order valence-electron chi connectivity index (χ3n) is 3.36.